The minimum Gasteiger partial charge on any atom is -0.325 e. The molecular formula is C44H38N6O4. The number of hydrogen-bond donors (Lipinski definition) is 2. The van der Waals surface area contributed by atoms with Gasteiger partial charge in [-0.25, -0.2) is 0 Å². The Kier molecular flexibility index (Phi) is 9.63. The van der Waals surface area contributed by atoms with Crippen LogP contribution in [-0.4, -0.2) is 68.6 Å². The Morgan fingerprint density at radius 2 is 0.926 bits per heavy atom. The molecule has 10 nitrogen and oxygen atoms in total. The second-order valence-electron chi connectivity index (χ2n) is 13.7. The van der Waals surface area contributed by atoms with Gasteiger partial charge in [-0.3, -0.25) is 29.1 Å². The first-order valence-corrected chi connectivity index (χ1v) is 18.2. The fraction of sp³-hybridized carbons (Fsp3) is 0.182. The van der Waals surface area contributed by atoms with E-state index < -0.39 is 12.1 Å². The average molecular weight is 715 g/mol. The molecular weight excluding hydrogens is 677 g/mol. The maximum Gasteiger partial charge on any atom is 0.273 e. The quantitative estimate of drug-likeness (QED) is 0.158. The Bertz CT molecular complexity index is 2240. The molecule has 4 aromatic carbocycles. The molecule has 2 fully saturated rings. The molecule has 10 heteroatoms. The van der Waals surface area contributed by atoms with Gasteiger partial charge in [-0.2, -0.15) is 0 Å². The van der Waals surface area contributed by atoms with Crippen molar-refractivity contribution in [2.45, 2.75) is 37.8 Å². The fourth-order valence-electron chi connectivity index (χ4n) is 7.26. The second-order valence-corrected chi connectivity index (χ2v) is 13.7. The summed E-state index contributed by atoms with van der Waals surface area (Å²) >= 11 is 0. The van der Waals surface area contributed by atoms with E-state index in [1.54, 1.807) is 34.3 Å². The van der Waals surface area contributed by atoms with Crippen molar-refractivity contribution >= 4 is 68.7 Å². The predicted molar refractivity (Wildman–Crippen MR) is 211 cm³/mol. The lowest BCUT2D eigenvalue weighted by atomic mass is 10.1. The van der Waals surface area contributed by atoms with E-state index in [1.807, 2.05) is 109 Å². The molecule has 4 amide bonds. The van der Waals surface area contributed by atoms with Crippen molar-refractivity contribution in [1.29, 1.82) is 0 Å². The Morgan fingerprint density at radius 3 is 1.33 bits per heavy atom. The molecule has 2 atom stereocenters. The third-order valence-corrected chi connectivity index (χ3v) is 10.2. The first kappa shape index (κ1) is 34.4. The highest BCUT2D eigenvalue weighted by molar-refractivity contribution is 6.03. The zero-order chi connectivity index (χ0) is 37.0. The summed E-state index contributed by atoms with van der Waals surface area (Å²) < 4.78 is 0. The van der Waals surface area contributed by atoms with E-state index in [0.29, 0.717) is 48.7 Å². The monoisotopic (exact) mass is 714 g/mol. The number of aromatic nitrogens is 2. The van der Waals surface area contributed by atoms with Gasteiger partial charge in [-0.1, -0.05) is 84.9 Å². The van der Waals surface area contributed by atoms with Gasteiger partial charge in [0.1, 0.15) is 23.5 Å². The van der Waals surface area contributed by atoms with Crippen LogP contribution < -0.4 is 10.6 Å². The molecule has 2 saturated heterocycles. The first-order chi connectivity index (χ1) is 26.4. The molecule has 0 aliphatic carbocycles. The third kappa shape index (κ3) is 7.31. The summed E-state index contributed by atoms with van der Waals surface area (Å²) in [5.41, 5.74) is 3.86. The van der Waals surface area contributed by atoms with Gasteiger partial charge in [-0.05, 0) is 84.0 Å². The summed E-state index contributed by atoms with van der Waals surface area (Å²) in [5, 5.41) is 9.75. The van der Waals surface area contributed by atoms with Crippen LogP contribution in [0.3, 0.4) is 0 Å². The van der Waals surface area contributed by atoms with Gasteiger partial charge in [0, 0.05) is 47.6 Å². The normalized spacial score (nSPS) is 17.0. The van der Waals surface area contributed by atoms with Gasteiger partial charge in [0.05, 0.1) is 0 Å². The molecule has 0 saturated carbocycles. The average Bonchev–Trinajstić information content (AvgIpc) is 3.92. The predicted octanol–water partition coefficient (Wildman–Crippen LogP) is 7.44. The number of carbonyl (C=O) groups excluding carboxylic acids is 4. The van der Waals surface area contributed by atoms with Gasteiger partial charge in [0.15, 0.2) is 0 Å². The van der Waals surface area contributed by atoms with Gasteiger partial charge < -0.3 is 20.4 Å². The zero-order valence-corrected chi connectivity index (χ0v) is 29.5. The van der Waals surface area contributed by atoms with Gasteiger partial charge in [-0.15, -0.1) is 0 Å². The molecule has 2 N–H and O–H groups in total. The van der Waals surface area contributed by atoms with Crippen LogP contribution in [0.25, 0.3) is 33.7 Å². The van der Waals surface area contributed by atoms with Crippen LogP contribution in [0.15, 0.2) is 122 Å². The molecule has 54 heavy (non-hydrogen) atoms. The number of likely N-dealkylation sites (tertiary alicyclic amines) is 2. The van der Waals surface area contributed by atoms with Gasteiger partial charge >= 0.3 is 0 Å². The van der Waals surface area contributed by atoms with Crippen LogP contribution in [0.2, 0.25) is 0 Å². The summed E-state index contributed by atoms with van der Waals surface area (Å²) in [5.74, 6) is -0.911. The molecule has 8 rings (SSSR count). The summed E-state index contributed by atoms with van der Waals surface area (Å²) in [6.45, 7) is 1.01. The number of carbonyl (C=O) groups is 4. The van der Waals surface area contributed by atoms with Crippen molar-refractivity contribution in [2.75, 3.05) is 23.7 Å². The molecule has 2 aliphatic heterocycles. The Balaban J connectivity index is 0.845. The van der Waals surface area contributed by atoms with Gasteiger partial charge in [0.2, 0.25) is 11.8 Å². The number of nitrogens with zero attached hydrogens (tertiary/aromatic N) is 4. The van der Waals surface area contributed by atoms with Crippen LogP contribution in [0, 0.1) is 0 Å². The highest BCUT2D eigenvalue weighted by atomic mass is 16.2. The summed E-state index contributed by atoms with van der Waals surface area (Å²) in [4.78, 5) is 65.3. The molecule has 0 unspecified atom stereocenters. The van der Waals surface area contributed by atoms with Crippen LogP contribution in [0.1, 0.15) is 57.8 Å². The van der Waals surface area contributed by atoms with Gasteiger partial charge in [0.25, 0.3) is 11.8 Å². The number of benzene rings is 4. The Labute approximate surface area is 312 Å². The maximum atomic E-state index is 13.4. The molecule has 268 valence electrons. The van der Waals surface area contributed by atoms with Crippen molar-refractivity contribution in [2.24, 2.45) is 0 Å². The number of rotatable bonds is 8. The number of nitrogens with one attached hydrogen (secondary N) is 2. The number of anilines is 2. The second kappa shape index (κ2) is 15.1. The third-order valence-electron chi connectivity index (χ3n) is 10.2. The maximum absolute atomic E-state index is 13.4. The van der Waals surface area contributed by atoms with Crippen LogP contribution >= 0.6 is 0 Å². The molecule has 2 aromatic heterocycles. The topological polar surface area (TPSA) is 125 Å². The number of fused-ring (bicyclic) bond motifs is 2. The fourth-order valence-corrected chi connectivity index (χ4v) is 7.26. The molecule has 0 bridgehead atoms. The summed E-state index contributed by atoms with van der Waals surface area (Å²) in [6.07, 6.45) is 10.0. The lowest BCUT2D eigenvalue weighted by Crippen LogP contribution is -2.43. The zero-order valence-electron chi connectivity index (χ0n) is 29.5. The van der Waals surface area contributed by atoms with Crippen LogP contribution in [0.5, 0.6) is 0 Å². The highest BCUT2D eigenvalue weighted by Gasteiger charge is 2.36. The van der Waals surface area contributed by atoms with Crippen molar-refractivity contribution in [1.82, 2.24) is 19.8 Å². The van der Waals surface area contributed by atoms with E-state index >= 15 is 0 Å². The van der Waals surface area contributed by atoms with E-state index in [2.05, 4.69) is 20.6 Å². The molecule has 0 radical (unpaired) electrons. The van der Waals surface area contributed by atoms with Crippen molar-refractivity contribution in [3.63, 3.8) is 0 Å². The smallest absolute Gasteiger partial charge is 0.273 e. The van der Waals surface area contributed by atoms with E-state index in [0.717, 1.165) is 45.5 Å². The summed E-state index contributed by atoms with van der Waals surface area (Å²) in [6, 6.07) is 33.0. The molecule has 0 spiro atoms. The van der Waals surface area contributed by atoms with E-state index in [9.17, 15) is 19.2 Å². The van der Waals surface area contributed by atoms with Crippen LogP contribution in [0.4, 0.5) is 11.4 Å². The van der Waals surface area contributed by atoms with Crippen LogP contribution in [-0.2, 0) is 9.59 Å². The lowest BCUT2D eigenvalue weighted by Gasteiger charge is -2.23. The molecule has 2 aliphatic rings. The summed E-state index contributed by atoms with van der Waals surface area (Å²) in [7, 11) is 0. The minimum absolute atomic E-state index is 0.216. The van der Waals surface area contributed by atoms with E-state index in [4.69, 9.17) is 0 Å². The lowest BCUT2D eigenvalue weighted by molar-refractivity contribution is -0.120. The largest absolute Gasteiger partial charge is 0.325 e. The first-order valence-electron chi connectivity index (χ1n) is 18.2. The SMILES string of the molecule is O=C(Nc1ccc(/C=C/c2ccc(NC(=O)[C@@H]3CCCN3C(=O)c3cc4ccccc4cn3)cc2)cc1)[C@@H]1CCCN1C(=O)c1cc2ccccc2cn1. The number of hydrogen-bond acceptors (Lipinski definition) is 6. The van der Waals surface area contributed by atoms with E-state index in [1.165, 1.54) is 0 Å². The van der Waals surface area contributed by atoms with Crippen molar-refractivity contribution in [3.05, 3.63) is 144 Å². The standard InChI is InChI=1S/C44H38N6O4/c51-41(39-11-5-23-49(39)43(53)37-25-31-7-1-3-9-33(31)27-45-37)47-35-19-15-29(16-20-35)13-14-30-17-21-36(22-18-30)48-42(52)40-12-6-24-50(40)44(54)38-26-32-8-2-4-10-34(32)28-46-38/h1-4,7-10,13-22,25-28,39-40H,5-6,11-12,23-24H2,(H,47,51)(H,48,52)/b14-13+/t39-,40-/m0/s1. The Hall–Kier alpha value is -6.68. The van der Waals surface area contributed by atoms with Crippen molar-refractivity contribution < 1.29 is 19.2 Å². The number of pyridine rings is 2. The molecule has 4 heterocycles. The highest BCUT2D eigenvalue weighted by Crippen LogP contribution is 2.25. The Morgan fingerprint density at radius 1 is 0.537 bits per heavy atom. The van der Waals surface area contributed by atoms with Crippen molar-refractivity contribution in [3.8, 4) is 0 Å². The minimum atomic E-state index is -0.564. The molecule has 6 aromatic rings. The van der Waals surface area contributed by atoms with E-state index in [-0.39, 0.29) is 23.6 Å². The number of amides is 4.